The van der Waals surface area contributed by atoms with Gasteiger partial charge in [0, 0.05) is 22.4 Å². The molecule has 3 N–H and O–H groups in total. The van der Waals surface area contributed by atoms with E-state index in [1.54, 1.807) is 0 Å². The molecule has 2 bridgehead atoms. The molecule has 5 heteroatoms. The van der Waals surface area contributed by atoms with Crippen LogP contribution >= 0.6 is 28.1 Å². The van der Waals surface area contributed by atoms with Gasteiger partial charge in [0.1, 0.15) is 0 Å². The van der Waals surface area contributed by atoms with E-state index in [9.17, 15) is 0 Å². The second-order valence-corrected chi connectivity index (χ2v) is 7.88. The predicted octanol–water partition coefficient (Wildman–Crippen LogP) is 1.33. The van der Waals surface area contributed by atoms with E-state index in [-0.39, 0.29) is 0 Å². The molecule has 0 aromatic heterocycles. The van der Waals surface area contributed by atoms with Crippen LogP contribution in [0.3, 0.4) is 0 Å². The lowest BCUT2D eigenvalue weighted by Gasteiger charge is -2.46. The Hall–Kier alpha value is -0.160. The fourth-order valence-corrected chi connectivity index (χ4v) is 7.80. The number of hydrogen-bond acceptors (Lipinski definition) is 2. The van der Waals surface area contributed by atoms with E-state index in [1.165, 1.54) is 12.1 Å². The first-order valence-electron chi connectivity index (χ1n) is 6.47. The van der Waals surface area contributed by atoms with Crippen molar-refractivity contribution in [3.8, 4) is 0 Å². The molecular formula is C12H14BrN3S. The number of nitrogens with zero attached hydrogens (tertiary/aromatic N) is 1. The molecule has 0 heterocycles. The normalized spacial score (nSPS) is 65.7. The molecule has 0 saturated heterocycles. The number of rotatable bonds is 1. The highest BCUT2D eigenvalue weighted by molar-refractivity contribution is 9.09. The number of nitrogens with one attached hydrogen (secondary N) is 1. The molecule has 5 saturated carbocycles. The molecule has 9 unspecified atom stereocenters. The summed E-state index contributed by atoms with van der Waals surface area (Å²) in [6.45, 7) is 0. The topological polar surface area (TPSA) is 50.4 Å². The average molecular weight is 312 g/mol. The lowest BCUT2D eigenvalue weighted by Crippen LogP contribution is -2.48. The summed E-state index contributed by atoms with van der Waals surface area (Å²) >= 11 is 8.82. The van der Waals surface area contributed by atoms with Crippen molar-refractivity contribution in [1.82, 2.24) is 5.43 Å². The minimum absolute atomic E-state index is 0.297. The molecule has 5 aliphatic carbocycles. The summed E-state index contributed by atoms with van der Waals surface area (Å²) in [5.41, 5.74) is 9.73. The fourth-order valence-electron chi connectivity index (χ4n) is 6.35. The number of hydrogen-bond donors (Lipinski definition) is 2. The van der Waals surface area contributed by atoms with Gasteiger partial charge < -0.3 is 5.73 Å². The van der Waals surface area contributed by atoms with Crippen LogP contribution in [0.2, 0.25) is 0 Å². The Morgan fingerprint density at radius 3 is 2.82 bits per heavy atom. The van der Waals surface area contributed by atoms with Crippen LogP contribution in [0, 0.1) is 47.3 Å². The van der Waals surface area contributed by atoms with Crippen molar-refractivity contribution < 1.29 is 0 Å². The molecule has 5 rings (SSSR count). The first kappa shape index (κ1) is 9.73. The zero-order valence-electron chi connectivity index (χ0n) is 9.21. The highest BCUT2D eigenvalue weighted by atomic mass is 79.9. The van der Waals surface area contributed by atoms with Gasteiger partial charge in [0.15, 0.2) is 5.11 Å². The van der Waals surface area contributed by atoms with Crippen molar-refractivity contribution in [2.75, 3.05) is 0 Å². The SMILES string of the molecule is NC(=S)N/N=C1/C2C3CC4C2C(Br)C2C1C3C42. The monoisotopic (exact) mass is 311 g/mol. The van der Waals surface area contributed by atoms with E-state index in [0.29, 0.717) is 5.11 Å². The van der Waals surface area contributed by atoms with E-state index in [0.717, 1.165) is 52.2 Å². The summed E-state index contributed by atoms with van der Waals surface area (Å²) in [4.78, 5) is 0.764. The first-order chi connectivity index (χ1) is 8.20. The largest absolute Gasteiger partial charge is 0.375 e. The van der Waals surface area contributed by atoms with Gasteiger partial charge in [-0.25, -0.2) is 0 Å². The van der Waals surface area contributed by atoms with Crippen molar-refractivity contribution in [3.63, 3.8) is 0 Å². The van der Waals surface area contributed by atoms with Crippen LogP contribution in [0.5, 0.6) is 0 Å². The van der Waals surface area contributed by atoms with Gasteiger partial charge in [-0.15, -0.1) is 0 Å². The second kappa shape index (κ2) is 2.72. The quantitative estimate of drug-likeness (QED) is 0.436. The predicted molar refractivity (Wildman–Crippen MR) is 72.6 cm³/mol. The van der Waals surface area contributed by atoms with Crippen LogP contribution in [0.15, 0.2) is 5.10 Å². The van der Waals surface area contributed by atoms with E-state index in [2.05, 4.69) is 26.5 Å². The number of alkyl halides is 1. The maximum atomic E-state index is 5.49. The number of hydrazone groups is 1. The van der Waals surface area contributed by atoms with Crippen LogP contribution in [-0.2, 0) is 0 Å². The molecule has 0 amide bonds. The third-order valence-electron chi connectivity index (χ3n) is 6.34. The van der Waals surface area contributed by atoms with Crippen molar-refractivity contribution in [1.29, 1.82) is 0 Å². The van der Waals surface area contributed by atoms with Crippen LogP contribution in [0.4, 0.5) is 0 Å². The molecule has 3 nitrogen and oxygen atoms in total. The van der Waals surface area contributed by atoms with Crippen LogP contribution < -0.4 is 11.2 Å². The summed E-state index contributed by atoms with van der Waals surface area (Å²) in [6, 6.07) is 0. The van der Waals surface area contributed by atoms with Crippen LogP contribution in [-0.4, -0.2) is 15.7 Å². The first-order valence-corrected chi connectivity index (χ1v) is 7.79. The van der Waals surface area contributed by atoms with E-state index in [1.807, 2.05) is 0 Å². The van der Waals surface area contributed by atoms with E-state index < -0.39 is 0 Å². The van der Waals surface area contributed by atoms with Gasteiger partial charge in [-0.1, -0.05) is 15.9 Å². The van der Waals surface area contributed by atoms with Crippen molar-refractivity contribution in [3.05, 3.63) is 0 Å². The van der Waals surface area contributed by atoms with Crippen molar-refractivity contribution in [2.45, 2.75) is 11.2 Å². The molecule has 5 aliphatic rings. The van der Waals surface area contributed by atoms with Gasteiger partial charge >= 0.3 is 0 Å². The zero-order chi connectivity index (χ0) is 11.5. The smallest absolute Gasteiger partial charge is 0.184 e. The molecule has 5 fully saturated rings. The summed E-state index contributed by atoms with van der Waals surface area (Å²) in [5.74, 6) is 7.11. The molecule has 0 aromatic rings. The summed E-state index contributed by atoms with van der Waals surface area (Å²) in [7, 11) is 0. The Morgan fingerprint density at radius 1 is 1.24 bits per heavy atom. The number of fused-ring (bicyclic) bond motifs is 2. The fraction of sp³-hybridized carbons (Fsp3) is 0.833. The molecular weight excluding hydrogens is 298 g/mol. The Bertz CT molecular complexity index is 478. The Kier molecular flexibility index (Phi) is 1.55. The van der Waals surface area contributed by atoms with Gasteiger partial charge in [-0.3, -0.25) is 5.43 Å². The highest BCUT2D eigenvalue weighted by Crippen LogP contribution is 2.82. The average Bonchev–Trinajstić information content (AvgIpc) is 2.74. The van der Waals surface area contributed by atoms with Crippen molar-refractivity contribution >= 4 is 39.0 Å². The minimum atomic E-state index is 0.297. The van der Waals surface area contributed by atoms with Gasteiger partial charge in [0.25, 0.3) is 0 Å². The maximum absolute atomic E-state index is 5.49. The van der Waals surface area contributed by atoms with E-state index >= 15 is 0 Å². The highest BCUT2D eigenvalue weighted by Gasteiger charge is 2.82. The Balaban J connectivity index is 1.61. The maximum Gasteiger partial charge on any atom is 0.184 e. The third-order valence-corrected chi connectivity index (χ3v) is 7.65. The number of thiocarbonyl (C=S) groups is 1. The standard InChI is InChI=1S/C12H14BrN3S/c13-10-6-2-1-3-5-4(2)8(10)9(5)11(7(3)6)15-16-12(14)17/h2-10H,1H2,(H3,14,16,17)/b15-11-. The van der Waals surface area contributed by atoms with Gasteiger partial charge in [0.2, 0.25) is 0 Å². The lowest BCUT2D eigenvalue weighted by molar-refractivity contribution is 0.0523. The van der Waals surface area contributed by atoms with Gasteiger partial charge in [-0.05, 0) is 54.1 Å². The number of halogens is 1. The molecule has 0 radical (unpaired) electrons. The molecule has 90 valence electrons. The second-order valence-electron chi connectivity index (χ2n) is 6.38. The van der Waals surface area contributed by atoms with E-state index in [4.69, 9.17) is 18.0 Å². The Labute approximate surface area is 114 Å². The summed E-state index contributed by atoms with van der Waals surface area (Å²) in [5, 5.41) is 4.85. The van der Waals surface area contributed by atoms with Gasteiger partial charge in [0.05, 0.1) is 0 Å². The summed E-state index contributed by atoms with van der Waals surface area (Å²) in [6.07, 6.45) is 1.46. The molecule has 17 heavy (non-hydrogen) atoms. The minimum Gasteiger partial charge on any atom is -0.375 e. The third kappa shape index (κ3) is 0.820. The molecule has 9 atom stereocenters. The van der Waals surface area contributed by atoms with Crippen LogP contribution in [0.25, 0.3) is 0 Å². The molecule has 0 aliphatic heterocycles. The number of nitrogens with two attached hydrogens (primary N) is 1. The molecule has 0 spiro atoms. The lowest BCUT2D eigenvalue weighted by atomic mass is 9.59. The van der Waals surface area contributed by atoms with Crippen LogP contribution in [0.1, 0.15) is 6.42 Å². The van der Waals surface area contributed by atoms with Gasteiger partial charge in [-0.2, -0.15) is 5.10 Å². The summed E-state index contributed by atoms with van der Waals surface area (Å²) < 4.78 is 0. The Morgan fingerprint density at radius 2 is 2.06 bits per heavy atom. The molecule has 0 aromatic carbocycles. The zero-order valence-corrected chi connectivity index (χ0v) is 11.6. The van der Waals surface area contributed by atoms with Crippen molar-refractivity contribution in [2.24, 2.45) is 58.2 Å².